The lowest BCUT2D eigenvalue weighted by Crippen LogP contribution is -2.55. The average Bonchev–Trinajstić information content (AvgIpc) is 3.18. The molecule has 29 heavy (non-hydrogen) atoms. The minimum Gasteiger partial charge on any atom is -0.344 e. The summed E-state index contributed by atoms with van der Waals surface area (Å²) < 4.78 is 9.85. The zero-order chi connectivity index (χ0) is 21.1. The van der Waals surface area contributed by atoms with E-state index in [-0.39, 0.29) is 28.3 Å². The summed E-state index contributed by atoms with van der Waals surface area (Å²) in [5.74, 6) is 0.0700. The Balaban J connectivity index is 1.49. The van der Waals surface area contributed by atoms with E-state index < -0.39 is 0 Å². The van der Waals surface area contributed by atoms with E-state index in [1.54, 1.807) is 18.7 Å². The normalized spacial score (nSPS) is 17.1. The molecule has 0 unspecified atom stereocenters. The van der Waals surface area contributed by atoms with E-state index in [2.05, 4.69) is 10.3 Å². The summed E-state index contributed by atoms with van der Waals surface area (Å²) in [6, 6.07) is -0.0554. The average molecular weight is 443 g/mol. The third-order valence-electron chi connectivity index (χ3n) is 5.35. The minimum atomic E-state index is -0.0554. The van der Waals surface area contributed by atoms with Crippen LogP contribution in [0.4, 0.5) is 0 Å². The standard InChI is InChI=1S/C19H24Cl2N4O4/c1-11-10-24(16(26)6-4-14-12(2)22-28-18(14)20)8-9-25(11)17(27)7-5-15-13(3)23-29-19(15)21/h11H,4-10H2,1-3H3/t11-/m0/s1. The fraction of sp³-hybridized carbons (Fsp3) is 0.579. The number of carbonyl (C=O) groups excluding carboxylic acids is 2. The number of rotatable bonds is 6. The SMILES string of the molecule is Cc1noc(Cl)c1CCC(=O)N1CCN(C(=O)CCc2c(C)noc2Cl)[C@@H](C)C1. The van der Waals surface area contributed by atoms with Crippen LogP contribution < -0.4 is 0 Å². The van der Waals surface area contributed by atoms with Gasteiger partial charge in [-0.2, -0.15) is 0 Å². The van der Waals surface area contributed by atoms with Crippen molar-refractivity contribution in [3.05, 3.63) is 33.0 Å². The van der Waals surface area contributed by atoms with Crippen LogP contribution >= 0.6 is 23.2 Å². The Hall–Kier alpha value is -2.06. The second-order valence-electron chi connectivity index (χ2n) is 7.32. The van der Waals surface area contributed by atoms with E-state index in [9.17, 15) is 9.59 Å². The van der Waals surface area contributed by atoms with Crippen LogP contribution in [0.25, 0.3) is 0 Å². The van der Waals surface area contributed by atoms with Crippen molar-refractivity contribution in [3.63, 3.8) is 0 Å². The molecule has 158 valence electrons. The minimum absolute atomic E-state index is 0.0347. The maximum absolute atomic E-state index is 12.7. The molecule has 0 bridgehead atoms. The van der Waals surface area contributed by atoms with Crippen LogP contribution in [0.15, 0.2) is 9.05 Å². The Labute approximate surface area is 179 Å². The summed E-state index contributed by atoms with van der Waals surface area (Å²) in [5.41, 5.74) is 2.94. The highest BCUT2D eigenvalue weighted by Gasteiger charge is 2.30. The molecule has 0 radical (unpaired) electrons. The van der Waals surface area contributed by atoms with Gasteiger partial charge in [-0.25, -0.2) is 0 Å². The van der Waals surface area contributed by atoms with Gasteiger partial charge in [-0.05, 0) is 56.8 Å². The van der Waals surface area contributed by atoms with E-state index in [0.29, 0.717) is 56.7 Å². The van der Waals surface area contributed by atoms with Gasteiger partial charge in [-0.1, -0.05) is 10.3 Å². The lowest BCUT2D eigenvalue weighted by molar-refractivity contribution is -0.142. The quantitative estimate of drug-likeness (QED) is 0.681. The number of amides is 2. The predicted octanol–water partition coefficient (Wildman–Crippen LogP) is 3.21. The Morgan fingerprint density at radius 1 is 0.966 bits per heavy atom. The van der Waals surface area contributed by atoms with Crippen molar-refractivity contribution in [2.45, 2.75) is 52.5 Å². The highest BCUT2D eigenvalue weighted by atomic mass is 35.5. The third kappa shape index (κ3) is 4.93. The zero-order valence-corrected chi connectivity index (χ0v) is 18.2. The van der Waals surface area contributed by atoms with Crippen LogP contribution in [0.1, 0.15) is 42.3 Å². The van der Waals surface area contributed by atoms with Crippen molar-refractivity contribution >= 4 is 35.0 Å². The van der Waals surface area contributed by atoms with Crippen molar-refractivity contribution in [1.29, 1.82) is 0 Å². The number of aryl methyl sites for hydroxylation is 2. The van der Waals surface area contributed by atoms with Gasteiger partial charge in [-0.15, -0.1) is 0 Å². The van der Waals surface area contributed by atoms with Gasteiger partial charge < -0.3 is 18.8 Å². The largest absolute Gasteiger partial charge is 0.344 e. The van der Waals surface area contributed by atoms with E-state index in [1.807, 2.05) is 11.8 Å². The second-order valence-corrected chi connectivity index (χ2v) is 8.00. The number of aromatic nitrogens is 2. The summed E-state index contributed by atoms with van der Waals surface area (Å²) in [5, 5.41) is 8.08. The van der Waals surface area contributed by atoms with Crippen LogP contribution in [-0.4, -0.2) is 57.6 Å². The zero-order valence-electron chi connectivity index (χ0n) is 16.7. The fourth-order valence-corrected chi connectivity index (χ4v) is 4.13. The van der Waals surface area contributed by atoms with Crippen LogP contribution in [-0.2, 0) is 22.4 Å². The first-order valence-corrected chi connectivity index (χ1v) is 10.3. The van der Waals surface area contributed by atoms with Crippen LogP contribution in [0.3, 0.4) is 0 Å². The second kappa shape index (κ2) is 9.17. The first kappa shape index (κ1) is 21.6. The number of piperazine rings is 1. The van der Waals surface area contributed by atoms with Crippen molar-refractivity contribution in [2.24, 2.45) is 0 Å². The maximum Gasteiger partial charge on any atom is 0.229 e. The molecule has 3 heterocycles. The molecule has 0 aromatic carbocycles. The van der Waals surface area contributed by atoms with Crippen molar-refractivity contribution in [3.8, 4) is 0 Å². The Morgan fingerprint density at radius 2 is 1.48 bits per heavy atom. The molecule has 0 aliphatic carbocycles. The molecule has 1 aliphatic rings. The first-order valence-electron chi connectivity index (χ1n) is 9.56. The molecule has 2 amide bonds. The van der Waals surface area contributed by atoms with Gasteiger partial charge in [0.1, 0.15) is 0 Å². The monoisotopic (exact) mass is 442 g/mol. The van der Waals surface area contributed by atoms with Gasteiger partial charge in [0.25, 0.3) is 0 Å². The molecule has 3 rings (SSSR count). The van der Waals surface area contributed by atoms with Gasteiger partial charge in [0.15, 0.2) is 0 Å². The summed E-state index contributed by atoms with van der Waals surface area (Å²) in [7, 11) is 0. The molecule has 1 fully saturated rings. The molecular weight excluding hydrogens is 419 g/mol. The van der Waals surface area contributed by atoms with Crippen molar-refractivity contribution < 1.29 is 18.6 Å². The Kier molecular flexibility index (Phi) is 6.85. The number of carbonyl (C=O) groups is 2. The summed E-state index contributed by atoms with van der Waals surface area (Å²) >= 11 is 11.9. The number of nitrogens with zero attached hydrogens (tertiary/aromatic N) is 4. The summed E-state index contributed by atoms with van der Waals surface area (Å²) in [6.45, 7) is 7.09. The van der Waals surface area contributed by atoms with Gasteiger partial charge in [-0.3, -0.25) is 9.59 Å². The molecule has 2 aromatic heterocycles. The lowest BCUT2D eigenvalue weighted by Gasteiger charge is -2.40. The molecule has 0 saturated carbocycles. The number of halogens is 2. The van der Waals surface area contributed by atoms with Crippen LogP contribution in [0.2, 0.25) is 10.4 Å². The predicted molar refractivity (Wildman–Crippen MR) is 107 cm³/mol. The number of hydrogen-bond donors (Lipinski definition) is 0. The van der Waals surface area contributed by atoms with Gasteiger partial charge in [0.2, 0.25) is 22.3 Å². The van der Waals surface area contributed by atoms with Crippen molar-refractivity contribution in [1.82, 2.24) is 20.1 Å². The molecule has 8 nitrogen and oxygen atoms in total. The molecule has 1 aliphatic heterocycles. The summed E-state index contributed by atoms with van der Waals surface area (Å²) in [6.07, 6.45) is 1.62. The molecule has 2 aromatic rings. The molecule has 1 atom stereocenters. The maximum atomic E-state index is 12.7. The lowest BCUT2D eigenvalue weighted by atomic mass is 10.1. The molecule has 10 heteroatoms. The highest BCUT2D eigenvalue weighted by molar-refractivity contribution is 6.29. The van der Waals surface area contributed by atoms with Gasteiger partial charge >= 0.3 is 0 Å². The van der Waals surface area contributed by atoms with Crippen LogP contribution in [0, 0.1) is 13.8 Å². The molecular formula is C19H24Cl2N4O4. The van der Waals surface area contributed by atoms with E-state index >= 15 is 0 Å². The Morgan fingerprint density at radius 3 is 1.93 bits per heavy atom. The Bertz CT molecular complexity index is 856. The fourth-order valence-electron chi connectivity index (χ4n) is 3.60. The molecule has 1 saturated heterocycles. The highest BCUT2D eigenvalue weighted by Crippen LogP contribution is 2.23. The smallest absolute Gasteiger partial charge is 0.229 e. The van der Waals surface area contributed by atoms with Gasteiger partial charge in [0, 0.05) is 49.6 Å². The van der Waals surface area contributed by atoms with E-state index in [1.165, 1.54) is 0 Å². The van der Waals surface area contributed by atoms with Crippen molar-refractivity contribution in [2.75, 3.05) is 19.6 Å². The van der Waals surface area contributed by atoms with E-state index in [4.69, 9.17) is 32.2 Å². The molecule has 0 spiro atoms. The van der Waals surface area contributed by atoms with Crippen LogP contribution in [0.5, 0.6) is 0 Å². The topological polar surface area (TPSA) is 92.7 Å². The first-order chi connectivity index (χ1) is 13.8. The van der Waals surface area contributed by atoms with Gasteiger partial charge in [0.05, 0.1) is 11.4 Å². The molecule has 0 N–H and O–H groups in total. The number of hydrogen-bond acceptors (Lipinski definition) is 6. The van der Waals surface area contributed by atoms with E-state index in [0.717, 1.165) is 11.1 Å². The third-order valence-corrected chi connectivity index (χ3v) is 5.95. The summed E-state index contributed by atoms with van der Waals surface area (Å²) in [4.78, 5) is 28.9.